The Labute approximate surface area is 205 Å². The lowest BCUT2D eigenvalue weighted by atomic mass is 10.1. The topological polar surface area (TPSA) is 131 Å². The highest BCUT2D eigenvalue weighted by atomic mass is 32.2. The van der Waals surface area contributed by atoms with Crippen LogP contribution in [-0.4, -0.2) is 36.0 Å². The van der Waals surface area contributed by atoms with Crippen molar-refractivity contribution in [2.45, 2.75) is 25.6 Å². The molecule has 182 valence electrons. The van der Waals surface area contributed by atoms with Crippen LogP contribution in [0.15, 0.2) is 53.2 Å². The molecule has 12 heteroatoms. The first-order valence-corrected chi connectivity index (χ1v) is 12.8. The summed E-state index contributed by atoms with van der Waals surface area (Å²) in [5.74, 6) is -0.614. The van der Waals surface area contributed by atoms with Crippen molar-refractivity contribution < 1.29 is 27.1 Å². The van der Waals surface area contributed by atoms with Crippen molar-refractivity contribution in [1.82, 2.24) is 9.36 Å². The summed E-state index contributed by atoms with van der Waals surface area (Å²) in [5.41, 5.74) is 0.612. The number of nitrogens with zero attached hydrogens (tertiary/aromatic N) is 3. The average molecular weight is 517 g/mol. The largest absolute Gasteiger partial charge is 0.490 e. The molecule has 1 heterocycles. The summed E-state index contributed by atoms with van der Waals surface area (Å²) in [5, 5.41) is 11.4. The minimum absolute atomic E-state index is 0.00856. The lowest BCUT2D eigenvalue weighted by Crippen LogP contribution is -2.13. The van der Waals surface area contributed by atoms with Gasteiger partial charge in [0.2, 0.25) is 15.0 Å². The van der Waals surface area contributed by atoms with Crippen molar-refractivity contribution in [3.8, 4) is 17.6 Å². The Hall–Kier alpha value is -3.82. The van der Waals surface area contributed by atoms with Gasteiger partial charge in [0.25, 0.3) is 11.1 Å². The highest BCUT2D eigenvalue weighted by molar-refractivity contribution is 7.91. The second-order valence-electron chi connectivity index (χ2n) is 6.93. The van der Waals surface area contributed by atoms with Gasteiger partial charge in [0.05, 0.1) is 12.4 Å². The predicted octanol–water partition coefficient (Wildman–Crippen LogP) is 3.99. The first-order valence-electron chi connectivity index (χ1n) is 10.4. The maximum Gasteiger partial charge on any atom is 0.268 e. The third kappa shape index (κ3) is 6.62. The van der Waals surface area contributed by atoms with Crippen LogP contribution in [0.25, 0.3) is 6.08 Å². The monoisotopic (exact) mass is 516 g/mol. The van der Waals surface area contributed by atoms with Crippen LogP contribution in [0.1, 0.15) is 25.0 Å². The van der Waals surface area contributed by atoms with E-state index < -0.39 is 15.7 Å². The van der Waals surface area contributed by atoms with Crippen molar-refractivity contribution >= 4 is 38.5 Å². The van der Waals surface area contributed by atoms with Gasteiger partial charge in [0, 0.05) is 17.1 Å². The molecule has 9 nitrogen and oxygen atoms in total. The SMILES string of the molecule is CCOc1cc(/C=C(/C#N)C(=O)Nc2nc(S(=O)(=O)CC)ns2)ccc1OCc1ccccc1F. The van der Waals surface area contributed by atoms with Crippen LogP contribution in [-0.2, 0) is 21.2 Å². The second-order valence-corrected chi connectivity index (χ2v) is 9.85. The van der Waals surface area contributed by atoms with Crippen LogP contribution in [0.3, 0.4) is 0 Å². The summed E-state index contributed by atoms with van der Waals surface area (Å²) in [7, 11) is -3.62. The number of carbonyl (C=O) groups is 1. The highest BCUT2D eigenvalue weighted by Gasteiger charge is 2.20. The Morgan fingerprint density at radius 1 is 1.20 bits per heavy atom. The van der Waals surface area contributed by atoms with Crippen LogP contribution < -0.4 is 14.8 Å². The molecule has 0 fully saturated rings. The Bertz CT molecular complexity index is 1400. The number of aromatic nitrogens is 2. The van der Waals surface area contributed by atoms with Gasteiger partial charge in [0.15, 0.2) is 11.5 Å². The van der Waals surface area contributed by atoms with Crippen LogP contribution in [0.4, 0.5) is 9.52 Å². The number of hydrogen-bond acceptors (Lipinski definition) is 9. The molecular formula is C23H21FN4O5S2. The molecular weight excluding hydrogens is 495 g/mol. The number of sulfone groups is 1. The van der Waals surface area contributed by atoms with Crippen LogP contribution >= 0.6 is 11.5 Å². The van der Waals surface area contributed by atoms with Gasteiger partial charge in [0.1, 0.15) is 24.1 Å². The minimum Gasteiger partial charge on any atom is -0.490 e. The van der Waals surface area contributed by atoms with Crippen LogP contribution in [0, 0.1) is 17.1 Å². The van der Waals surface area contributed by atoms with Crippen molar-refractivity contribution in [3.63, 3.8) is 0 Å². The maximum absolute atomic E-state index is 13.9. The third-order valence-corrected chi connectivity index (χ3v) is 6.82. The van der Waals surface area contributed by atoms with E-state index in [0.29, 0.717) is 40.8 Å². The maximum atomic E-state index is 13.9. The zero-order valence-electron chi connectivity index (χ0n) is 18.8. The van der Waals surface area contributed by atoms with Crippen molar-refractivity contribution in [1.29, 1.82) is 5.26 Å². The standard InChI is InChI=1S/C23H21FN4O5S2/c1-3-32-20-12-15(9-10-19(20)33-14-16-7-5-6-8-18(16)24)11-17(13-25)21(29)26-22-27-23(28-34-22)35(30,31)4-2/h5-12H,3-4,14H2,1-2H3,(H,26,27,28,29)/b17-11-. The number of ether oxygens (including phenoxy) is 2. The average Bonchev–Trinajstić information content (AvgIpc) is 3.32. The van der Waals surface area contributed by atoms with Gasteiger partial charge in [-0.05, 0) is 36.8 Å². The summed E-state index contributed by atoms with van der Waals surface area (Å²) in [6.45, 7) is 3.56. The molecule has 3 rings (SSSR count). The molecule has 1 aromatic heterocycles. The number of amides is 1. The number of carbonyl (C=O) groups excluding carboxylic acids is 1. The molecule has 0 aliphatic rings. The summed E-state index contributed by atoms with van der Waals surface area (Å²) in [6, 6.07) is 12.9. The highest BCUT2D eigenvalue weighted by Crippen LogP contribution is 2.30. The van der Waals surface area contributed by atoms with Gasteiger partial charge in [-0.3, -0.25) is 10.1 Å². The molecule has 35 heavy (non-hydrogen) atoms. The van der Waals surface area contributed by atoms with E-state index in [9.17, 15) is 22.9 Å². The fourth-order valence-corrected chi connectivity index (χ4v) is 4.35. The molecule has 0 atom stereocenters. The number of rotatable bonds is 10. The minimum atomic E-state index is -3.62. The lowest BCUT2D eigenvalue weighted by molar-refractivity contribution is -0.112. The van der Waals surface area contributed by atoms with Gasteiger partial charge in [-0.1, -0.05) is 31.2 Å². The van der Waals surface area contributed by atoms with Gasteiger partial charge in [-0.2, -0.15) is 14.6 Å². The summed E-state index contributed by atoms with van der Waals surface area (Å²) < 4.78 is 52.6. The van der Waals surface area contributed by atoms with E-state index in [-0.39, 0.29) is 34.0 Å². The number of nitriles is 1. The van der Waals surface area contributed by atoms with E-state index in [1.54, 1.807) is 43.3 Å². The van der Waals surface area contributed by atoms with Crippen molar-refractivity contribution in [2.24, 2.45) is 0 Å². The molecule has 0 radical (unpaired) electrons. The third-order valence-electron chi connectivity index (χ3n) is 4.57. The molecule has 0 unspecified atom stereocenters. The van der Waals surface area contributed by atoms with Crippen LogP contribution in [0.2, 0.25) is 0 Å². The van der Waals surface area contributed by atoms with Gasteiger partial charge >= 0.3 is 0 Å². The number of benzene rings is 2. The Balaban J connectivity index is 1.78. The van der Waals surface area contributed by atoms with E-state index >= 15 is 0 Å². The first-order chi connectivity index (χ1) is 16.8. The number of hydrogen-bond donors (Lipinski definition) is 1. The van der Waals surface area contributed by atoms with Gasteiger partial charge in [-0.15, -0.1) is 0 Å². The zero-order valence-corrected chi connectivity index (χ0v) is 20.5. The lowest BCUT2D eigenvalue weighted by Gasteiger charge is -2.13. The van der Waals surface area contributed by atoms with Gasteiger partial charge in [-0.25, -0.2) is 12.8 Å². The molecule has 0 saturated heterocycles. The molecule has 0 aliphatic carbocycles. The van der Waals surface area contributed by atoms with Gasteiger partial charge < -0.3 is 9.47 Å². The smallest absolute Gasteiger partial charge is 0.268 e. The fraction of sp³-hybridized carbons (Fsp3) is 0.217. The molecule has 0 saturated carbocycles. The summed E-state index contributed by atoms with van der Waals surface area (Å²) >= 11 is 0.698. The quantitative estimate of drug-likeness (QED) is 0.316. The molecule has 0 bridgehead atoms. The van der Waals surface area contributed by atoms with E-state index in [1.165, 1.54) is 19.1 Å². The van der Waals surface area contributed by atoms with Crippen molar-refractivity contribution in [2.75, 3.05) is 17.7 Å². The summed E-state index contributed by atoms with van der Waals surface area (Å²) in [4.78, 5) is 16.3. The number of halogens is 1. The normalized spacial score (nSPS) is 11.5. The Morgan fingerprint density at radius 2 is 1.97 bits per heavy atom. The zero-order chi connectivity index (χ0) is 25.4. The Kier molecular flexibility index (Phi) is 8.51. The molecule has 3 aromatic rings. The Morgan fingerprint density at radius 3 is 2.66 bits per heavy atom. The van der Waals surface area contributed by atoms with E-state index in [2.05, 4.69) is 14.7 Å². The van der Waals surface area contributed by atoms with E-state index in [1.807, 2.05) is 6.07 Å². The second kappa shape index (κ2) is 11.5. The van der Waals surface area contributed by atoms with E-state index in [4.69, 9.17) is 9.47 Å². The molecule has 0 spiro atoms. The van der Waals surface area contributed by atoms with E-state index in [0.717, 1.165) is 0 Å². The van der Waals surface area contributed by atoms with Crippen molar-refractivity contribution in [3.05, 3.63) is 65.0 Å². The summed E-state index contributed by atoms with van der Waals surface area (Å²) in [6.07, 6.45) is 1.34. The fourth-order valence-electron chi connectivity index (χ4n) is 2.77. The molecule has 1 N–H and O–H groups in total. The number of nitrogens with one attached hydrogen (secondary N) is 1. The molecule has 2 aromatic carbocycles. The first kappa shape index (κ1) is 25.8. The molecule has 1 amide bonds. The van der Waals surface area contributed by atoms with Crippen LogP contribution in [0.5, 0.6) is 11.5 Å². The number of anilines is 1. The molecule has 0 aliphatic heterocycles. The predicted molar refractivity (Wildman–Crippen MR) is 128 cm³/mol.